The summed E-state index contributed by atoms with van der Waals surface area (Å²) >= 11 is 1.58. The Hall–Kier alpha value is -4.49. The third-order valence-electron chi connectivity index (χ3n) is 8.26. The van der Waals surface area contributed by atoms with Crippen molar-refractivity contribution in [2.24, 2.45) is 11.8 Å². The minimum Gasteiger partial charge on any atom is -0.444 e. The van der Waals surface area contributed by atoms with Gasteiger partial charge in [-0.25, -0.2) is 4.79 Å². The van der Waals surface area contributed by atoms with Crippen LogP contribution in [0.25, 0.3) is 0 Å². The molecule has 6 rings (SSSR count). The molecular formula is C33H33N5O4S. The van der Waals surface area contributed by atoms with E-state index < -0.39 is 11.1 Å². The van der Waals surface area contributed by atoms with Crippen molar-refractivity contribution in [2.75, 3.05) is 13.1 Å². The first-order valence-corrected chi connectivity index (χ1v) is 15.3. The lowest BCUT2D eigenvalue weighted by molar-refractivity contribution is -0.132. The fourth-order valence-corrected chi connectivity index (χ4v) is 6.93. The Bertz CT molecular complexity index is 1600. The van der Waals surface area contributed by atoms with Crippen LogP contribution in [0, 0.1) is 23.2 Å². The largest absolute Gasteiger partial charge is 0.444 e. The maximum atomic E-state index is 14.6. The van der Waals surface area contributed by atoms with Crippen LogP contribution in [0.2, 0.25) is 0 Å². The van der Waals surface area contributed by atoms with Crippen LogP contribution in [0.15, 0.2) is 77.5 Å². The predicted molar refractivity (Wildman–Crippen MR) is 161 cm³/mol. The number of hydrogen-bond acceptors (Lipinski definition) is 8. The van der Waals surface area contributed by atoms with Crippen LogP contribution in [0.4, 0.5) is 4.79 Å². The Labute approximate surface area is 254 Å². The van der Waals surface area contributed by atoms with Crippen molar-refractivity contribution in [1.29, 1.82) is 5.26 Å². The summed E-state index contributed by atoms with van der Waals surface area (Å²) in [5, 5.41) is 16.7. The second-order valence-corrected chi connectivity index (χ2v) is 13.3. The number of allylic oxidation sites excluding steroid dienone is 1. The monoisotopic (exact) mass is 595 g/mol. The summed E-state index contributed by atoms with van der Waals surface area (Å²) in [5.41, 5.74) is 1.28. The van der Waals surface area contributed by atoms with Crippen LogP contribution in [-0.2, 0) is 22.4 Å². The number of benzene rings is 1. The normalized spacial score (nSPS) is 25.3. The van der Waals surface area contributed by atoms with Crippen LogP contribution in [0.3, 0.4) is 0 Å². The van der Waals surface area contributed by atoms with Gasteiger partial charge in [-0.2, -0.15) is 16.6 Å². The van der Waals surface area contributed by atoms with Crippen LogP contribution in [0.1, 0.15) is 47.8 Å². The molecule has 4 atom stereocenters. The van der Waals surface area contributed by atoms with Crippen molar-refractivity contribution in [3.8, 4) is 6.07 Å². The van der Waals surface area contributed by atoms with Gasteiger partial charge in [0.2, 0.25) is 0 Å². The topological polar surface area (TPSA) is 116 Å². The predicted octanol–water partition coefficient (Wildman–Crippen LogP) is 4.56. The number of pyridine rings is 1. The molecule has 1 N–H and O–H groups in total. The number of thiophene rings is 1. The number of hydrogen-bond donors (Lipinski definition) is 1. The standard InChI is InChI=1S/C33H33N5O4S/c1-32(2,3)42-31(41)37-18-25-26(19-37)29(25)38-28(14-27(39)24-6-4-22(17-34)5-7-24)36-33(30(38)40,16-23-10-13-43-20-23)15-21-8-11-35-12-9-21/h4-14,20,25-26,29,36H,15-16,18-19H2,1-3H3/t25-,26+,29?,33?. The molecule has 0 spiro atoms. The molecule has 2 aromatic heterocycles. The van der Waals surface area contributed by atoms with Gasteiger partial charge < -0.3 is 15.0 Å². The van der Waals surface area contributed by atoms with Crippen LogP contribution in [-0.4, -0.2) is 62.8 Å². The van der Waals surface area contributed by atoms with Crippen molar-refractivity contribution in [3.05, 3.63) is 99.8 Å². The lowest BCUT2D eigenvalue weighted by Crippen LogP contribution is -2.51. The van der Waals surface area contributed by atoms with E-state index in [0.717, 1.165) is 11.1 Å². The van der Waals surface area contributed by atoms with Gasteiger partial charge in [0.15, 0.2) is 5.78 Å². The van der Waals surface area contributed by atoms with Gasteiger partial charge in [0.1, 0.15) is 17.0 Å². The summed E-state index contributed by atoms with van der Waals surface area (Å²) in [6, 6.07) is 14.2. The highest BCUT2D eigenvalue weighted by molar-refractivity contribution is 7.07. The average molecular weight is 596 g/mol. The molecular weight excluding hydrogens is 562 g/mol. The van der Waals surface area contributed by atoms with E-state index >= 15 is 0 Å². The van der Waals surface area contributed by atoms with Crippen LogP contribution < -0.4 is 5.32 Å². The number of aromatic nitrogens is 1. The van der Waals surface area contributed by atoms with Crippen molar-refractivity contribution < 1.29 is 19.1 Å². The maximum absolute atomic E-state index is 14.6. The SMILES string of the molecule is CC(C)(C)OC(=O)N1C[C@@H]2C(N3C(=O)C(Cc4ccncc4)(Cc4ccsc4)NC3=CC(=O)c3ccc(C#N)cc3)[C@@H]2C1. The van der Waals surface area contributed by atoms with Gasteiger partial charge in [-0.3, -0.25) is 19.5 Å². The zero-order valence-electron chi connectivity index (χ0n) is 24.3. The van der Waals surface area contributed by atoms with E-state index in [-0.39, 0.29) is 35.7 Å². The minimum atomic E-state index is -1.01. The molecule has 43 heavy (non-hydrogen) atoms. The summed E-state index contributed by atoms with van der Waals surface area (Å²) in [6.07, 6.45) is 5.44. The highest BCUT2D eigenvalue weighted by Gasteiger charge is 2.65. The van der Waals surface area contributed by atoms with Crippen molar-refractivity contribution in [2.45, 2.75) is 50.8 Å². The maximum Gasteiger partial charge on any atom is 0.410 e. The van der Waals surface area contributed by atoms with Crippen LogP contribution in [0.5, 0.6) is 0 Å². The number of amides is 2. The van der Waals surface area contributed by atoms with Gasteiger partial charge in [-0.1, -0.05) is 0 Å². The molecule has 10 heteroatoms. The number of carbonyl (C=O) groups is 3. The third-order valence-corrected chi connectivity index (χ3v) is 8.99. The van der Waals surface area contributed by atoms with Gasteiger partial charge in [0, 0.05) is 67.8 Å². The molecule has 3 fully saturated rings. The number of ether oxygens (including phenoxy) is 1. The molecule has 9 nitrogen and oxygen atoms in total. The van der Waals surface area contributed by atoms with Gasteiger partial charge >= 0.3 is 6.09 Å². The second-order valence-electron chi connectivity index (χ2n) is 12.5. The number of carbonyl (C=O) groups excluding carboxylic acids is 3. The Morgan fingerprint density at radius 3 is 2.37 bits per heavy atom. The molecule has 3 aromatic rings. The first-order chi connectivity index (χ1) is 20.6. The van der Waals surface area contributed by atoms with E-state index in [0.29, 0.717) is 42.9 Å². The second kappa shape index (κ2) is 11.0. The molecule has 0 bridgehead atoms. The fraction of sp³-hybridized carbons (Fsp3) is 0.364. The van der Waals surface area contributed by atoms with E-state index in [9.17, 15) is 14.4 Å². The van der Waals surface area contributed by atoms with Crippen molar-refractivity contribution in [3.63, 3.8) is 0 Å². The van der Waals surface area contributed by atoms with Gasteiger partial charge in [-0.05, 0) is 85.1 Å². The Morgan fingerprint density at radius 1 is 1.09 bits per heavy atom. The number of nitriles is 1. The van der Waals surface area contributed by atoms with E-state index in [1.807, 2.05) is 49.7 Å². The zero-order valence-corrected chi connectivity index (χ0v) is 25.1. The molecule has 2 amide bonds. The van der Waals surface area contributed by atoms with Crippen molar-refractivity contribution >= 4 is 29.1 Å². The Kier molecular flexibility index (Phi) is 7.30. The Balaban J connectivity index is 1.33. The zero-order chi connectivity index (χ0) is 30.4. The third kappa shape index (κ3) is 5.77. The fourth-order valence-electron chi connectivity index (χ4n) is 6.26. The molecule has 4 heterocycles. The van der Waals surface area contributed by atoms with E-state index in [4.69, 9.17) is 10.00 Å². The number of rotatable bonds is 7. The van der Waals surface area contributed by atoms with Gasteiger partial charge in [0.25, 0.3) is 5.91 Å². The highest BCUT2D eigenvalue weighted by atomic mass is 32.1. The smallest absolute Gasteiger partial charge is 0.410 e. The quantitative estimate of drug-likeness (QED) is 0.315. The van der Waals surface area contributed by atoms with Crippen LogP contribution >= 0.6 is 11.3 Å². The number of piperidine rings is 1. The summed E-state index contributed by atoms with van der Waals surface area (Å²) in [5.74, 6) is 0.291. The summed E-state index contributed by atoms with van der Waals surface area (Å²) in [7, 11) is 0. The van der Waals surface area contributed by atoms with Gasteiger partial charge in [0.05, 0.1) is 11.6 Å². The molecule has 3 aliphatic rings. The number of likely N-dealkylation sites (tertiary alicyclic amines) is 1. The molecule has 2 saturated heterocycles. The van der Waals surface area contributed by atoms with E-state index in [1.165, 1.54) is 6.08 Å². The first-order valence-electron chi connectivity index (χ1n) is 14.3. The lowest BCUT2D eigenvalue weighted by atomic mass is 9.85. The average Bonchev–Trinajstić information content (AvgIpc) is 3.35. The summed E-state index contributed by atoms with van der Waals surface area (Å²) < 4.78 is 5.58. The summed E-state index contributed by atoms with van der Waals surface area (Å²) in [6.45, 7) is 6.52. The highest BCUT2D eigenvalue weighted by Crippen LogP contribution is 2.52. The molecule has 2 unspecified atom stereocenters. The molecule has 1 aromatic carbocycles. The molecule has 2 aliphatic heterocycles. The molecule has 1 aliphatic carbocycles. The number of fused-ring (bicyclic) bond motifs is 1. The molecule has 0 radical (unpaired) electrons. The number of ketones is 1. The number of nitrogens with one attached hydrogen (secondary N) is 1. The first kappa shape index (κ1) is 28.6. The Morgan fingerprint density at radius 2 is 1.77 bits per heavy atom. The van der Waals surface area contributed by atoms with Gasteiger partial charge in [-0.15, -0.1) is 0 Å². The summed E-state index contributed by atoms with van der Waals surface area (Å²) in [4.78, 5) is 48.5. The van der Waals surface area contributed by atoms with Crippen molar-refractivity contribution in [1.82, 2.24) is 20.1 Å². The van der Waals surface area contributed by atoms with E-state index in [1.54, 1.807) is 57.8 Å². The minimum absolute atomic E-state index is 0.0855. The lowest BCUT2D eigenvalue weighted by Gasteiger charge is -2.29. The molecule has 220 valence electrons. The van der Waals surface area contributed by atoms with E-state index in [2.05, 4.69) is 16.4 Å². The number of nitrogens with zero attached hydrogens (tertiary/aromatic N) is 4. The molecule has 1 saturated carbocycles.